The van der Waals surface area contributed by atoms with Gasteiger partial charge in [-0.15, -0.1) is 0 Å². The van der Waals surface area contributed by atoms with Crippen LogP contribution in [-0.2, 0) is 9.59 Å². The molecule has 0 radical (unpaired) electrons. The maximum atomic E-state index is 12.3. The van der Waals surface area contributed by atoms with Gasteiger partial charge < -0.3 is 16.0 Å². The van der Waals surface area contributed by atoms with Crippen LogP contribution in [-0.4, -0.2) is 42.4 Å². The quantitative estimate of drug-likeness (QED) is 0.708. The summed E-state index contributed by atoms with van der Waals surface area (Å²) in [4.78, 5) is 24.8. The molecule has 96 valence electrons. The minimum Gasteiger partial charge on any atom is -0.368 e. The van der Waals surface area contributed by atoms with Gasteiger partial charge >= 0.3 is 0 Å². The van der Waals surface area contributed by atoms with E-state index in [9.17, 15) is 9.59 Å². The highest BCUT2D eigenvalue weighted by molar-refractivity contribution is 5.87. The molecule has 5 heteroatoms. The molecule has 5 nitrogen and oxygen atoms in total. The third kappa shape index (κ3) is 2.44. The second-order valence-electron chi connectivity index (χ2n) is 5.06. The number of carbonyl (C=O) groups is 2. The van der Waals surface area contributed by atoms with Gasteiger partial charge in [-0.1, -0.05) is 6.42 Å². The third-order valence-electron chi connectivity index (χ3n) is 4.05. The van der Waals surface area contributed by atoms with Crippen LogP contribution in [0.5, 0.6) is 0 Å². The maximum Gasteiger partial charge on any atom is 0.240 e. The SMILES string of the molecule is CCN(CC(N)=O)C(=O)C1NCC2CCCC21. The van der Waals surface area contributed by atoms with E-state index in [1.54, 1.807) is 4.90 Å². The Hall–Kier alpha value is -1.10. The van der Waals surface area contributed by atoms with E-state index in [2.05, 4.69) is 5.32 Å². The summed E-state index contributed by atoms with van der Waals surface area (Å²) in [6, 6.07) is -0.0956. The van der Waals surface area contributed by atoms with Gasteiger partial charge in [0.2, 0.25) is 11.8 Å². The van der Waals surface area contributed by atoms with E-state index in [0.717, 1.165) is 13.0 Å². The second-order valence-corrected chi connectivity index (χ2v) is 5.06. The number of nitrogens with zero attached hydrogens (tertiary/aromatic N) is 1. The molecule has 2 amide bonds. The average Bonchev–Trinajstić information content (AvgIpc) is 2.86. The number of nitrogens with two attached hydrogens (primary N) is 1. The molecule has 1 saturated heterocycles. The van der Waals surface area contributed by atoms with Crippen LogP contribution in [0, 0.1) is 11.8 Å². The topological polar surface area (TPSA) is 75.4 Å². The molecule has 2 rings (SSSR count). The Morgan fingerprint density at radius 3 is 2.82 bits per heavy atom. The van der Waals surface area contributed by atoms with E-state index in [1.807, 2.05) is 6.92 Å². The minimum absolute atomic E-state index is 0.0326. The fraction of sp³-hybridized carbons (Fsp3) is 0.833. The van der Waals surface area contributed by atoms with Gasteiger partial charge in [0.25, 0.3) is 0 Å². The summed E-state index contributed by atoms with van der Waals surface area (Å²) in [6.07, 6.45) is 3.58. The molecule has 17 heavy (non-hydrogen) atoms. The number of nitrogens with one attached hydrogen (secondary N) is 1. The van der Waals surface area contributed by atoms with E-state index < -0.39 is 5.91 Å². The van der Waals surface area contributed by atoms with E-state index >= 15 is 0 Å². The van der Waals surface area contributed by atoms with Gasteiger partial charge in [0, 0.05) is 6.54 Å². The zero-order valence-corrected chi connectivity index (χ0v) is 10.3. The van der Waals surface area contributed by atoms with Crippen LogP contribution in [0.2, 0.25) is 0 Å². The van der Waals surface area contributed by atoms with E-state index in [1.165, 1.54) is 12.8 Å². The normalized spacial score (nSPS) is 31.2. The largest absolute Gasteiger partial charge is 0.368 e. The molecule has 3 N–H and O–H groups in total. The van der Waals surface area contributed by atoms with Gasteiger partial charge in [-0.3, -0.25) is 9.59 Å². The highest BCUT2D eigenvalue weighted by atomic mass is 16.2. The molecule has 0 spiro atoms. The lowest BCUT2D eigenvalue weighted by atomic mass is 9.93. The molecule has 1 heterocycles. The van der Waals surface area contributed by atoms with Crippen LogP contribution < -0.4 is 11.1 Å². The molecule has 0 bridgehead atoms. The standard InChI is InChI=1S/C12H21N3O2/c1-2-15(7-10(13)16)12(17)11-9-5-3-4-8(9)6-14-11/h8-9,11,14H,2-7H2,1H3,(H2,13,16). The Labute approximate surface area is 102 Å². The number of carbonyl (C=O) groups excluding carboxylic acids is 2. The van der Waals surface area contributed by atoms with Crippen LogP contribution in [0.4, 0.5) is 0 Å². The van der Waals surface area contributed by atoms with Crippen molar-refractivity contribution in [3.63, 3.8) is 0 Å². The minimum atomic E-state index is -0.443. The second kappa shape index (κ2) is 5.04. The van der Waals surface area contributed by atoms with Crippen LogP contribution in [0.15, 0.2) is 0 Å². The van der Waals surface area contributed by atoms with Crippen molar-refractivity contribution in [3.05, 3.63) is 0 Å². The van der Waals surface area contributed by atoms with Crippen molar-refractivity contribution >= 4 is 11.8 Å². The highest BCUT2D eigenvalue weighted by Crippen LogP contribution is 2.38. The smallest absolute Gasteiger partial charge is 0.240 e. The number of primary amides is 1. The van der Waals surface area contributed by atoms with Gasteiger partial charge in [-0.2, -0.15) is 0 Å². The summed E-state index contributed by atoms with van der Waals surface area (Å²) >= 11 is 0. The number of fused-ring (bicyclic) bond motifs is 1. The van der Waals surface area contributed by atoms with Gasteiger partial charge in [0.1, 0.15) is 0 Å². The van der Waals surface area contributed by atoms with E-state index in [-0.39, 0.29) is 18.5 Å². The van der Waals surface area contributed by atoms with Crippen molar-refractivity contribution in [2.24, 2.45) is 17.6 Å². The van der Waals surface area contributed by atoms with Gasteiger partial charge in [-0.25, -0.2) is 0 Å². The Bertz CT molecular complexity index is 319. The average molecular weight is 239 g/mol. The Morgan fingerprint density at radius 2 is 2.18 bits per heavy atom. The van der Waals surface area contributed by atoms with Crippen molar-refractivity contribution in [3.8, 4) is 0 Å². The van der Waals surface area contributed by atoms with Crippen LogP contribution in [0.1, 0.15) is 26.2 Å². The van der Waals surface area contributed by atoms with Crippen molar-refractivity contribution in [1.82, 2.24) is 10.2 Å². The molecule has 0 aromatic heterocycles. The number of likely N-dealkylation sites (N-methyl/N-ethyl adjacent to an activating group) is 1. The molecular formula is C12H21N3O2. The van der Waals surface area contributed by atoms with Crippen molar-refractivity contribution in [1.29, 1.82) is 0 Å². The van der Waals surface area contributed by atoms with Crippen LogP contribution in [0.25, 0.3) is 0 Å². The van der Waals surface area contributed by atoms with E-state index in [0.29, 0.717) is 18.4 Å². The predicted octanol–water partition coefficient (Wildman–Crippen LogP) is -0.292. The zero-order chi connectivity index (χ0) is 12.4. The summed E-state index contributed by atoms with van der Waals surface area (Å²) in [5.74, 6) is 0.711. The molecule has 3 atom stereocenters. The van der Waals surface area contributed by atoms with E-state index in [4.69, 9.17) is 5.73 Å². The number of amides is 2. The lowest BCUT2D eigenvalue weighted by Gasteiger charge is -2.25. The first kappa shape index (κ1) is 12.4. The van der Waals surface area contributed by atoms with Crippen molar-refractivity contribution < 1.29 is 9.59 Å². The van der Waals surface area contributed by atoms with Crippen LogP contribution in [0.3, 0.4) is 0 Å². The fourth-order valence-electron chi connectivity index (χ4n) is 3.19. The first-order valence-electron chi connectivity index (χ1n) is 6.44. The van der Waals surface area contributed by atoms with Gasteiger partial charge in [0.15, 0.2) is 0 Å². The predicted molar refractivity (Wildman–Crippen MR) is 64.1 cm³/mol. The molecule has 3 unspecified atom stereocenters. The fourth-order valence-corrected chi connectivity index (χ4v) is 3.19. The number of hydrogen-bond acceptors (Lipinski definition) is 3. The molecule has 1 aliphatic carbocycles. The molecule has 0 aromatic rings. The summed E-state index contributed by atoms with van der Waals surface area (Å²) in [5, 5.41) is 3.30. The molecule has 2 fully saturated rings. The summed E-state index contributed by atoms with van der Waals surface area (Å²) in [6.45, 7) is 3.39. The summed E-state index contributed by atoms with van der Waals surface area (Å²) in [5.41, 5.74) is 5.16. The highest BCUT2D eigenvalue weighted by Gasteiger charge is 2.43. The molecule has 2 aliphatic rings. The van der Waals surface area contributed by atoms with Gasteiger partial charge in [-0.05, 0) is 38.1 Å². The summed E-state index contributed by atoms with van der Waals surface area (Å²) in [7, 11) is 0. The lowest BCUT2D eigenvalue weighted by Crippen LogP contribution is -2.48. The Kier molecular flexibility index (Phi) is 3.66. The Morgan fingerprint density at radius 1 is 1.41 bits per heavy atom. The maximum absolute atomic E-state index is 12.3. The monoisotopic (exact) mass is 239 g/mol. The Balaban J connectivity index is 2.00. The molecular weight excluding hydrogens is 218 g/mol. The number of hydrogen-bond donors (Lipinski definition) is 2. The first-order valence-corrected chi connectivity index (χ1v) is 6.44. The van der Waals surface area contributed by atoms with Gasteiger partial charge in [0.05, 0.1) is 12.6 Å². The lowest BCUT2D eigenvalue weighted by molar-refractivity contribution is -0.137. The summed E-state index contributed by atoms with van der Waals surface area (Å²) < 4.78 is 0. The molecule has 1 saturated carbocycles. The third-order valence-corrected chi connectivity index (χ3v) is 4.05. The first-order chi connectivity index (χ1) is 8.13. The van der Waals surface area contributed by atoms with Crippen molar-refractivity contribution in [2.45, 2.75) is 32.2 Å². The van der Waals surface area contributed by atoms with Crippen LogP contribution >= 0.6 is 0 Å². The molecule has 0 aromatic carbocycles. The van der Waals surface area contributed by atoms with Crippen molar-refractivity contribution in [2.75, 3.05) is 19.6 Å². The number of rotatable bonds is 4. The zero-order valence-electron chi connectivity index (χ0n) is 10.3. The molecule has 1 aliphatic heterocycles.